The van der Waals surface area contributed by atoms with Crippen molar-refractivity contribution in [2.24, 2.45) is 0 Å². The third kappa shape index (κ3) is 3.86. The maximum atomic E-state index is 13.4. The lowest BCUT2D eigenvalue weighted by atomic mass is 10.0. The second kappa shape index (κ2) is 8.03. The van der Waals surface area contributed by atoms with E-state index in [1.165, 1.54) is 36.8 Å². The number of nitrogens with zero attached hydrogens (tertiary/aromatic N) is 2. The van der Waals surface area contributed by atoms with Crippen LogP contribution in [0.3, 0.4) is 0 Å². The summed E-state index contributed by atoms with van der Waals surface area (Å²) in [6.07, 6.45) is -1.86. The molecule has 6 nitrogen and oxygen atoms in total. The molecule has 0 aliphatic heterocycles. The van der Waals surface area contributed by atoms with E-state index in [9.17, 15) is 18.0 Å². The van der Waals surface area contributed by atoms with Crippen molar-refractivity contribution in [2.45, 2.75) is 13.1 Å². The zero-order valence-electron chi connectivity index (χ0n) is 17.1. The Kier molecular flexibility index (Phi) is 5.26. The van der Waals surface area contributed by atoms with E-state index in [-0.39, 0.29) is 43.8 Å². The number of aromatic amines is 1. The van der Waals surface area contributed by atoms with Gasteiger partial charge in [-0.1, -0.05) is 23.2 Å². The van der Waals surface area contributed by atoms with E-state index in [1.807, 2.05) is 0 Å². The Morgan fingerprint density at radius 1 is 1.09 bits per heavy atom. The van der Waals surface area contributed by atoms with Gasteiger partial charge >= 0.3 is 6.18 Å². The van der Waals surface area contributed by atoms with Gasteiger partial charge in [0.15, 0.2) is 17.1 Å². The fourth-order valence-corrected chi connectivity index (χ4v) is 4.10. The molecule has 0 saturated heterocycles. The largest absolute Gasteiger partial charge is 0.457 e. The van der Waals surface area contributed by atoms with Crippen LogP contribution in [0.25, 0.3) is 22.0 Å². The summed E-state index contributed by atoms with van der Waals surface area (Å²) >= 11 is 12.5. The average molecular weight is 506 g/mol. The maximum absolute atomic E-state index is 13.4. The van der Waals surface area contributed by atoms with E-state index in [1.54, 1.807) is 6.92 Å². The Balaban J connectivity index is 1.51. The van der Waals surface area contributed by atoms with Crippen LogP contribution < -0.4 is 4.74 Å². The monoisotopic (exact) mass is 505 g/mol. The van der Waals surface area contributed by atoms with Gasteiger partial charge in [-0.2, -0.15) is 13.2 Å². The molecule has 0 fully saturated rings. The van der Waals surface area contributed by atoms with E-state index < -0.39 is 17.5 Å². The third-order valence-electron chi connectivity index (χ3n) is 5.11. The Bertz CT molecular complexity index is 1590. The minimum Gasteiger partial charge on any atom is -0.457 e. The summed E-state index contributed by atoms with van der Waals surface area (Å²) in [6, 6.07) is 7.50. The number of aromatic nitrogens is 3. The standard InChI is InChI=1S/C23H12Cl2F3N3O3/c1-10-4-11-5-12(23(26,27)28)6-17(20(11)33-10)34-13-2-3-14(16(24)7-13)19(32)15-8-29-22-18(15)21(25)30-9-31-22/h2-9H,1H3,(H,29,30,31). The van der Waals surface area contributed by atoms with Gasteiger partial charge in [-0.05, 0) is 37.3 Å². The van der Waals surface area contributed by atoms with E-state index in [0.29, 0.717) is 16.8 Å². The number of fused-ring (bicyclic) bond motifs is 2. The van der Waals surface area contributed by atoms with Gasteiger partial charge in [0.2, 0.25) is 0 Å². The van der Waals surface area contributed by atoms with Gasteiger partial charge in [-0.15, -0.1) is 0 Å². The van der Waals surface area contributed by atoms with Crippen LogP contribution >= 0.6 is 23.2 Å². The van der Waals surface area contributed by atoms with Crippen molar-refractivity contribution in [2.75, 3.05) is 0 Å². The van der Waals surface area contributed by atoms with Crippen molar-refractivity contribution in [1.29, 1.82) is 0 Å². The zero-order valence-corrected chi connectivity index (χ0v) is 18.6. The van der Waals surface area contributed by atoms with Crippen LogP contribution in [0.5, 0.6) is 11.5 Å². The summed E-state index contributed by atoms with van der Waals surface area (Å²) in [5, 5.41) is 0.736. The predicted molar refractivity (Wildman–Crippen MR) is 120 cm³/mol. The predicted octanol–water partition coefficient (Wildman–Crippen LogP) is 7.36. The second-order valence-corrected chi connectivity index (χ2v) is 8.18. The molecule has 5 rings (SSSR count). The van der Waals surface area contributed by atoms with E-state index >= 15 is 0 Å². The number of hydrogen-bond acceptors (Lipinski definition) is 5. The SMILES string of the molecule is Cc1cc2cc(C(F)(F)F)cc(Oc3ccc(C(=O)c4c[nH]c5ncnc(Cl)c45)c(Cl)c3)c2o1. The molecule has 0 unspecified atom stereocenters. The van der Waals surface area contributed by atoms with Crippen LogP contribution in [-0.2, 0) is 6.18 Å². The van der Waals surface area contributed by atoms with Crippen molar-refractivity contribution in [3.8, 4) is 11.5 Å². The van der Waals surface area contributed by atoms with Crippen LogP contribution in [0.15, 0.2) is 53.3 Å². The first-order valence-corrected chi connectivity index (χ1v) is 10.5. The van der Waals surface area contributed by atoms with Crippen molar-refractivity contribution in [3.63, 3.8) is 0 Å². The number of hydrogen-bond donors (Lipinski definition) is 1. The van der Waals surface area contributed by atoms with Crippen molar-refractivity contribution in [1.82, 2.24) is 15.0 Å². The molecule has 0 aliphatic rings. The van der Waals surface area contributed by atoms with Crippen molar-refractivity contribution < 1.29 is 27.1 Å². The number of carbonyl (C=O) groups excluding carboxylic acids is 1. The van der Waals surface area contributed by atoms with Crippen LogP contribution in [-0.4, -0.2) is 20.7 Å². The van der Waals surface area contributed by atoms with Gasteiger partial charge in [0.25, 0.3) is 0 Å². The van der Waals surface area contributed by atoms with Gasteiger partial charge in [0.1, 0.15) is 28.6 Å². The van der Waals surface area contributed by atoms with Gasteiger partial charge in [-0.3, -0.25) is 4.79 Å². The van der Waals surface area contributed by atoms with E-state index in [4.69, 9.17) is 32.4 Å². The Morgan fingerprint density at radius 2 is 1.88 bits per heavy atom. The molecule has 0 amide bonds. The Morgan fingerprint density at radius 3 is 2.62 bits per heavy atom. The topological polar surface area (TPSA) is 81.0 Å². The highest BCUT2D eigenvalue weighted by Crippen LogP contribution is 2.40. The number of alkyl halides is 3. The summed E-state index contributed by atoms with van der Waals surface area (Å²) in [5.74, 6) is -0.0210. The molecule has 2 aromatic carbocycles. The average Bonchev–Trinajstić information content (AvgIpc) is 3.36. The summed E-state index contributed by atoms with van der Waals surface area (Å²) in [7, 11) is 0. The van der Waals surface area contributed by atoms with Crippen LogP contribution in [0.2, 0.25) is 10.2 Å². The molecule has 5 aromatic rings. The number of ketones is 1. The Hall–Kier alpha value is -3.56. The van der Waals surface area contributed by atoms with Crippen LogP contribution in [0, 0.1) is 6.92 Å². The first-order chi connectivity index (χ1) is 16.1. The molecule has 0 bridgehead atoms. The highest BCUT2D eigenvalue weighted by molar-refractivity contribution is 6.38. The molecule has 1 N–H and O–H groups in total. The lowest BCUT2D eigenvalue weighted by Crippen LogP contribution is -2.05. The summed E-state index contributed by atoms with van der Waals surface area (Å²) in [4.78, 5) is 23.9. The smallest absolute Gasteiger partial charge is 0.416 e. The number of H-pyrrole nitrogens is 1. The van der Waals surface area contributed by atoms with Gasteiger partial charge in [0, 0.05) is 23.2 Å². The fourth-order valence-electron chi connectivity index (χ4n) is 3.61. The number of benzene rings is 2. The van der Waals surface area contributed by atoms with E-state index in [2.05, 4.69) is 15.0 Å². The number of nitrogens with one attached hydrogen (secondary N) is 1. The highest BCUT2D eigenvalue weighted by Gasteiger charge is 2.32. The molecule has 0 atom stereocenters. The Labute approximate surface area is 199 Å². The minimum atomic E-state index is -4.57. The van der Waals surface area contributed by atoms with Crippen molar-refractivity contribution in [3.05, 3.63) is 81.5 Å². The maximum Gasteiger partial charge on any atom is 0.416 e. The first kappa shape index (κ1) is 22.2. The lowest BCUT2D eigenvalue weighted by molar-refractivity contribution is -0.137. The number of furan rings is 1. The molecule has 0 saturated carbocycles. The van der Waals surface area contributed by atoms with Crippen molar-refractivity contribution >= 4 is 51.0 Å². The van der Waals surface area contributed by atoms with Gasteiger partial charge in [0.05, 0.1) is 21.5 Å². The summed E-state index contributed by atoms with van der Waals surface area (Å²) < 4.78 is 51.3. The fraction of sp³-hybridized carbons (Fsp3) is 0.0870. The molecule has 11 heteroatoms. The number of ether oxygens (including phenoxy) is 1. The summed E-state index contributed by atoms with van der Waals surface area (Å²) in [5.41, 5.74) is 0.0313. The minimum absolute atomic E-state index is 0.0312. The molecular weight excluding hydrogens is 494 g/mol. The molecule has 3 aromatic heterocycles. The van der Waals surface area contributed by atoms with Crippen LogP contribution in [0.4, 0.5) is 13.2 Å². The molecule has 0 aliphatic carbocycles. The van der Waals surface area contributed by atoms with Crippen LogP contribution in [0.1, 0.15) is 27.2 Å². The molecular formula is C23H12Cl2F3N3O3. The zero-order chi connectivity index (χ0) is 24.2. The molecule has 0 radical (unpaired) electrons. The highest BCUT2D eigenvalue weighted by atomic mass is 35.5. The quantitative estimate of drug-likeness (QED) is 0.204. The number of aryl methyl sites for hydroxylation is 1. The molecule has 3 heterocycles. The number of rotatable bonds is 4. The molecule has 34 heavy (non-hydrogen) atoms. The molecule has 172 valence electrons. The second-order valence-electron chi connectivity index (χ2n) is 7.41. The van der Waals surface area contributed by atoms with E-state index in [0.717, 1.165) is 12.1 Å². The van der Waals surface area contributed by atoms with Gasteiger partial charge < -0.3 is 14.1 Å². The molecule has 0 spiro atoms. The number of halogens is 5. The lowest BCUT2D eigenvalue weighted by Gasteiger charge is -2.12. The normalized spacial score (nSPS) is 11.9. The van der Waals surface area contributed by atoms with Gasteiger partial charge in [-0.25, -0.2) is 9.97 Å². The summed E-state index contributed by atoms with van der Waals surface area (Å²) in [6.45, 7) is 1.62. The first-order valence-electron chi connectivity index (χ1n) is 9.73. The third-order valence-corrected chi connectivity index (χ3v) is 5.71. The number of carbonyl (C=O) groups is 1.